The zero-order valence-corrected chi connectivity index (χ0v) is 19.6. The number of nitrogens with zero attached hydrogens (tertiary/aromatic N) is 4. The van der Waals surface area contributed by atoms with Crippen LogP contribution < -0.4 is 9.64 Å². The summed E-state index contributed by atoms with van der Waals surface area (Å²) in [5.74, 6) is -1.09. The van der Waals surface area contributed by atoms with Gasteiger partial charge in [-0.05, 0) is 42.8 Å². The highest BCUT2D eigenvalue weighted by Gasteiger charge is 2.34. The molecule has 0 N–H and O–H groups in total. The topological polar surface area (TPSA) is 99.7 Å². The minimum absolute atomic E-state index is 0.0426. The van der Waals surface area contributed by atoms with Gasteiger partial charge in [0.2, 0.25) is 27.5 Å². The number of aromatic nitrogens is 1. The van der Waals surface area contributed by atoms with Gasteiger partial charge < -0.3 is 14.1 Å². The number of nitriles is 1. The van der Waals surface area contributed by atoms with Crippen molar-refractivity contribution in [3.63, 3.8) is 0 Å². The Morgan fingerprint density at radius 2 is 1.74 bits per heavy atom. The summed E-state index contributed by atoms with van der Waals surface area (Å²) in [4.78, 5) is 4.91. The van der Waals surface area contributed by atoms with E-state index in [0.29, 0.717) is 6.61 Å². The fraction of sp³-hybridized carbons (Fsp3) is 0.250. The number of ether oxygens (including phenoxy) is 1. The highest BCUT2D eigenvalue weighted by molar-refractivity contribution is 7.89. The first kappa shape index (κ1) is 24.4. The van der Waals surface area contributed by atoms with E-state index in [-0.39, 0.29) is 43.6 Å². The number of halogens is 2. The zero-order chi connectivity index (χ0) is 25.0. The van der Waals surface area contributed by atoms with E-state index in [9.17, 15) is 22.5 Å². The van der Waals surface area contributed by atoms with Gasteiger partial charge >= 0.3 is 0 Å². The smallest absolute Gasteiger partial charge is 0.249 e. The van der Waals surface area contributed by atoms with Gasteiger partial charge in [-0.3, -0.25) is 0 Å². The molecule has 0 spiro atoms. The molecule has 0 saturated carbocycles. The Morgan fingerprint density at radius 3 is 2.34 bits per heavy atom. The van der Waals surface area contributed by atoms with Crippen molar-refractivity contribution in [2.75, 3.05) is 37.7 Å². The predicted octanol–water partition coefficient (Wildman–Crippen LogP) is 3.90. The van der Waals surface area contributed by atoms with Crippen LogP contribution in [0.15, 0.2) is 51.8 Å². The standard InChI is InChI=1S/C24H22F2N4O4S/c1-2-33-18-9-6-17(7-10-18)8-11-22-28-21(16-27)24(34-22)29-12-14-30(15-13-29)35(31,32)23-19(25)4-3-5-20(23)26/h3-11H,2,12-15H2,1H3. The van der Waals surface area contributed by atoms with Gasteiger partial charge in [0, 0.05) is 32.3 Å². The van der Waals surface area contributed by atoms with E-state index in [0.717, 1.165) is 33.8 Å². The first-order valence-corrected chi connectivity index (χ1v) is 12.3. The third kappa shape index (κ3) is 5.18. The average molecular weight is 501 g/mol. The molecule has 0 unspecified atom stereocenters. The van der Waals surface area contributed by atoms with Gasteiger partial charge in [0.15, 0.2) is 4.90 Å². The Bertz CT molecular complexity index is 1350. The van der Waals surface area contributed by atoms with E-state index in [1.807, 2.05) is 37.3 Å². The van der Waals surface area contributed by atoms with Crippen LogP contribution in [0.1, 0.15) is 24.1 Å². The lowest BCUT2D eigenvalue weighted by molar-refractivity contribution is 0.340. The monoisotopic (exact) mass is 500 g/mol. The van der Waals surface area contributed by atoms with Crippen molar-refractivity contribution in [2.24, 2.45) is 0 Å². The lowest BCUT2D eigenvalue weighted by atomic mass is 10.2. The lowest BCUT2D eigenvalue weighted by Crippen LogP contribution is -2.49. The number of anilines is 1. The number of hydrogen-bond donors (Lipinski definition) is 0. The van der Waals surface area contributed by atoms with E-state index in [4.69, 9.17) is 9.15 Å². The van der Waals surface area contributed by atoms with Crippen LogP contribution in [-0.2, 0) is 10.0 Å². The van der Waals surface area contributed by atoms with Gasteiger partial charge in [-0.25, -0.2) is 17.2 Å². The highest BCUT2D eigenvalue weighted by atomic mass is 32.2. The van der Waals surface area contributed by atoms with E-state index in [2.05, 4.69) is 4.98 Å². The number of benzene rings is 2. The summed E-state index contributed by atoms with van der Waals surface area (Å²) in [5, 5.41) is 9.49. The summed E-state index contributed by atoms with van der Waals surface area (Å²) < 4.78 is 65.9. The zero-order valence-electron chi connectivity index (χ0n) is 18.8. The second kappa shape index (κ2) is 10.2. The number of piperazine rings is 1. The Hall–Kier alpha value is -3.75. The molecule has 1 saturated heterocycles. The van der Waals surface area contributed by atoms with Crippen molar-refractivity contribution in [2.45, 2.75) is 11.8 Å². The van der Waals surface area contributed by atoms with Gasteiger partial charge in [-0.2, -0.15) is 14.6 Å². The number of hydrogen-bond acceptors (Lipinski definition) is 7. The van der Waals surface area contributed by atoms with Crippen LogP contribution in [0.3, 0.4) is 0 Å². The molecule has 11 heteroatoms. The molecule has 2 heterocycles. The molecule has 2 aromatic carbocycles. The third-order valence-corrected chi connectivity index (χ3v) is 7.33. The van der Waals surface area contributed by atoms with Crippen LogP contribution in [0.4, 0.5) is 14.7 Å². The van der Waals surface area contributed by atoms with E-state index in [1.165, 1.54) is 0 Å². The molecule has 8 nitrogen and oxygen atoms in total. The number of oxazole rings is 1. The lowest BCUT2D eigenvalue weighted by Gasteiger charge is -2.33. The molecule has 1 fully saturated rings. The molecule has 1 aromatic heterocycles. The van der Waals surface area contributed by atoms with Crippen molar-refractivity contribution in [3.05, 3.63) is 71.2 Å². The normalized spacial score (nSPS) is 14.9. The summed E-state index contributed by atoms with van der Waals surface area (Å²) in [6.45, 7) is 2.70. The van der Waals surface area contributed by atoms with Crippen molar-refractivity contribution in [1.29, 1.82) is 5.26 Å². The summed E-state index contributed by atoms with van der Waals surface area (Å²) in [6.07, 6.45) is 3.40. The largest absolute Gasteiger partial charge is 0.494 e. The van der Waals surface area contributed by atoms with Crippen LogP contribution in [-0.4, -0.2) is 50.5 Å². The molecule has 0 aliphatic carbocycles. The minimum atomic E-state index is -4.36. The molecule has 0 radical (unpaired) electrons. The number of sulfonamides is 1. The van der Waals surface area contributed by atoms with Gasteiger partial charge in [0.05, 0.1) is 6.61 Å². The molecule has 0 bridgehead atoms. The van der Waals surface area contributed by atoms with E-state index < -0.39 is 26.6 Å². The van der Waals surface area contributed by atoms with Crippen LogP contribution in [0.25, 0.3) is 12.2 Å². The van der Waals surface area contributed by atoms with Crippen LogP contribution in [0.5, 0.6) is 5.75 Å². The highest BCUT2D eigenvalue weighted by Crippen LogP contribution is 2.27. The number of rotatable bonds is 7. The molecule has 1 aliphatic rings. The second-order valence-corrected chi connectivity index (χ2v) is 9.47. The molecule has 1 aliphatic heterocycles. The molecule has 0 atom stereocenters. The van der Waals surface area contributed by atoms with Crippen LogP contribution >= 0.6 is 0 Å². The fourth-order valence-corrected chi connectivity index (χ4v) is 5.22. The van der Waals surface area contributed by atoms with Crippen LogP contribution in [0, 0.1) is 23.0 Å². The first-order chi connectivity index (χ1) is 16.8. The second-order valence-electron chi connectivity index (χ2n) is 7.59. The Labute approximate surface area is 201 Å². The average Bonchev–Trinajstić information content (AvgIpc) is 3.27. The molecule has 0 amide bonds. The third-order valence-electron chi connectivity index (χ3n) is 5.38. The van der Waals surface area contributed by atoms with Gasteiger partial charge in [-0.15, -0.1) is 0 Å². The molecule has 3 aromatic rings. The van der Waals surface area contributed by atoms with Gasteiger partial charge in [0.25, 0.3) is 0 Å². The van der Waals surface area contributed by atoms with E-state index >= 15 is 0 Å². The van der Waals surface area contributed by atoms with Crippen molar-refractivity contribution < 1.29 is 26.4 Å². The summed E-state index contributed by atoms with van der Waals surface area (Å²) >= 11 is 0. The SMILES string of the molecule is CCOc1ccc(C=Cc2nc(C#N)c(N3CCN(S(=O)(=O)c4c(F)cccc4F)CC3)o2)cc1. The van der Waals surface area contributed by atoms with Crippen molar-refractivity contribution >= 4 is 28.1 Å². The molecule has 182 valence electrons. The van der Waals surface area contributed by atoms with Crippen LogP contribution in [0.2, 0.25) is 0 Å². The van der Waals surface area contributed by atoms with Gasteiger partial charge in [-0.1, -0.05) is 18.2 Å². The van der Waals surface area contributed by atoms with E-state index in [1.54, 1.807) is 17.1 Å². The molecule has 4 rings (SSSR count). The maximum absolute atomic E-state index is 14.1. The molecular weight excluding hydrogens is 478 g/mol. The Kier molecular flexibility index (Phi) is 7.14. The molecule has 35 heavy (non-hydrogen) atoms. The maximum atomic E-state index is 14.1. The van der Waals surface area contributed by atoms with Crippen molar-refractivity contribution in [1.82, 2.24) is 9.29 Å². The first-order valence-electron chi connectivity index (χ1n) is 10.8. The maximum Gasteiger partial charge on any atom is 0.249 e. The van der Waals surface area contributed by atoms with Crippen molar-refractivity contribution in [3.8, 4) is 11.8 Å². The summed E-state index contributed by atoms with van der Waals surface area (Å²) in [6, 6.07) is 12.3. The molecular formula is C24H22F2N4O4S. The minimum Gasteiger partial charge on any atom is -0.494 e. The quantitative estimate of drug-likeness (QED) is 0.485. The Morgan fingerprint density at radius 1 is 1.09 bits per heavy atom. The fourth-order valence-electron chi connectivity index (χ4n) is 3.69. The summed E-state index contributed by atoms with van der Waals surface area (Å²) in [5.41, 5.74) is 0.943. The summed E-state index contributed by atoms with van der Waals surface area (Å²) in [7, 11) is -4.36. The van der Waals surface area contributed by atoms with Gasteiger partial charge in [0.1, 0.15) is 23.5 Å². The Balaban J connectivity index is 1.47. The predicted molar refractivity (Wildman–Crippen MR) is 125 cm³/mol.